The molecule has 0 amide bonds. The Kier molecular flexibility index (Phi) is 14.0. The van der Waals surface area contributed by atoms with Crippen molar-refractivity contribution in [1.82, 2.24) is 0 Å². The minimum absolute atomic E-state index is 1.25. The van der Waals surface area contributed by atoms with E-state index < -0.39 is 0 Å². The second kappa shape index (κ2) is 15.6. The first-order valence-corrected chi connectivity index (χ1v) is 8.65. The maximum atomic E-state index is 2.12. The van der Waals surface area contributed by atoms with Crippen LogP contribution in [-0.2, 0) is 0 Å². The molecule has 128 valence electrons. The van der Waals surface area contributed by atoms with Gasteiger partial charge >= 0.3 is 0 Å². The number of aryl methyl sites for hydroxylation is 3. The average molecular weight is 321 g/mol. The molecular formula is C24H32. The summed E-state index contributed by atoms with van der Waals surface area (Å²) >= 11 is 0. The zero-order chi connectivity index (χ0) is 18.0. The zero-order valence-electron chi connectivity index (χ0n) is 15.9. The predicted octanol–water partition coefficient (Wildman–Crippen LogP) is 7.40. The van der Waals surface area contributed by atoms with Crippen LogP contribution in [0.5, 0.6) is 0 Å². The molecule has 0 fully saturated rings. The second-order valence-corrected chi connectivity index (χ2v) is 5.67. The van der Waals surface area contributed by atoms with Crippen LogP contribution in [0.15, 0.2) is 91.0 Å². The molecule has 0 spiro atoms. The van der Waals surface area contributed by atoms with Gasteiger partial charge in [0.15, 0.2) is 0 Å². The van der Waals surface area contributed by atoms with Crippen molar-refractivity contribution >= 4 is 0 Å². The standard InChI is InChI=1S/3C7H8.C3H8/c3*1-7-5-3-2-4-6-7;1-3-2/h3*2-6H,1H3;3H2,1-2H3. The van der Waals surface area contributed by atoms with E-state index >= 15 is 0 Å². The van der Waals surface area contributed by atoms with Gasteiger partial charge in [0.1, 0.15) is 0 Å². The summed E-state index contributed by atoms with van der Waals surface area (Å²) in [6, 6.07) is 30.8. The first kappa shape index (κ1) is 21.7. The molecule has 0 saturated heterocycles. The Morgan fingerprint density at radius 3 is 0.667 bits per heavy atom. The van der Waals surface area contributed by atoms with Gasteiger partial charge in [0.25, 0.3) is 0 Å². The Labute approximate surface area is 149 Å². The van der Waals surface area contributed by atoms with E-state index in [0.717, 1.165) is 0 Å². The summed E-state index contributed by atoms with van der Waals surface area (Å²) in [6.45, 7) is 10.5. The molecule has 0 aliphatic heterocycles. The molecule has 0 aliphatic rings. The average Bonchev–Trinajstić information content (AvgIpc) is 2.59. The summed E-state index contributed by atoms with van der Waals surface area (Å²) in [5.74, 6) is 0. The lowest BCUT2D eigenvalue weighted by atomic mass is 10.2. The van der Waals surface area contributed by atoms with Crippen molar-refractivity contribution in [2.45, 2.75) is 41.0 Å². The van der Waals surface area contributed by atoms with Gasteiger partial charge < -0.3 is 0 Å². The van der Waals surface area contributed by atoms with Gasteiger partial charge in [0.2, 0.25) is 0 Å². The molecular weight excluding hydrogens is 288 g/mol. The normalized spacial score (nSPS) is 8.38. The molecule has 3 rings (SSSR count). The quantitative estimate of drug-likeness (QED) is 0.405. The maximum absolute atomic E-state index is 2.12. The van der Waals surface area contributed by atoms with Crippen molar-refractivity contribution in [3.05, 3.63) is 108 Å². The molecule has 0 heterocycles. The summed E-state index contributed by atoms with van der Waals surface area (Å²) in [5.41, 5.74) is 3.97. The van der Waals surface area contributed by atoms with Crippen molar-refractivity contribution in [3.8, 4) is 0 Å². The van der Waals surface area contributed by atoms with Gasteiger partial charge in [-0.25, -0.2) is 0 Å². The van der Waals surface area contributed by atoms with Gasteiger partial charge in [-0.2, -0.15) is 0 Å². The topological polar surface area (TPSA) is 0 Å². The van der Waals surface area contributed by atoms with Crippen LogP contribution in [0.25, 0.3) is 0 Å². The second-order valence-electron chi connectivity index (χ2n) is 5.67. The van der Waals surface area contributed by atoms with Crippen LogP contribution in [-0.4, -0.2) is 0 Å². The van der Waals surface area contributed by atoms with Crippen LogP contribution in [0.4, 0.5) is 0 Å². The first-order chi connectivity index (χ1) is 11.6. The highest BCUT2D eigenvalue weighted by molar-refractivity contribution is 5.12. The van der Waals surface area contributed by atoms with Crippen LogP contribution in [0.2, 0.25) is 0 Å². The van der Waals surface area contributed by atoms with Crippen molar-refractivity contribution in [3.63, 3.8) is 0 Å². The van der Waals surface area contributed by atoms with Gasteiger partial charge in [-0.1, -0.05) is 128 Å². The van der Waals surface area contributed by atoms with E-state index in [9.17, 15) is 0 Å². The van der Waals surface area contributed by atoms with Crippen LogP contribution in [0.1, 0.15) is 37.0 Å². The van der Waals surface area contributed by atoms with E-state index in [0.29, 0.717) is 0 Å². The Bertz CT molecular complexity index is 494. The minimum atomic E-state index is 1.25. The van der Waals surface area contributed by atoms with Gasteiger partial charge in [-0.3, -0.25) is 0 Å². The van der Waals surface area contributed by atoms with Gasteiger partial charge in [0.05, 0.1) is 0 Å². The lowest BCUT2D eigenvalue weighted by molar-refractivity contribution is 1.09. The van der Waals surface area contributed by atoms with Crippen molar-refractivity contribution in [2.24, 2.45) is 0 Å². The van der Waals surface area contributed by atoms with Crippen molar-refractivity contribution in [1.29, 1.82) is 0 Å². The molecule has 0 nitrogen and oxygen atoms in total. The van der Waals surface area contributed by atoms with E-state index in [2.05, 4.69) is 71.0 Å². The van der Waals surface area contributed by atoms with E-state index in [1.54, 1.807) is 0 Å². The number of hydrogen-bond acceptors (Lipinski definition) is 0. The third kappa shape index (κ3) is 14.6. The molecule has 0 unspecified atom stereocenters. The first-order valence-electron chi connectivity index (χ1n) is 8.65. The van der Waals surface area contributed by atoms with Crippen LogP contribution >= 0.6 is 0 Å². The number of rotatable bonds is 0. The Balaban J connectivity index is 0.000000306. The SMILES string of the molecule is CCC.Cc1ccccc1.Cc1ccccc1.Cc1ccccc1. The van der Waals surface area contributed by atoms with E-state index in [1.807, 2.05) is 54.6 Å². The molecule has 0 aliphatic carbocycles. The molecule has 0 bridgehead atoms. The van der Waals surface area contributed by atoms with Crippen molar-refractivity contribution in [2.75, 3.05) is 0 Å². The summed E-state index contributed by atoms with van der Waals surface area (Å²) in [6.07, 6.45) is 1.25. The lowest BCUT2D eigenvalue weighted by Crippen LogP contribution is -1.62. The smallest absolute Gasteiger partial charge is 0.0398 e. The summed E-state index contributed by atoms with van der Waals surface area (Å²) in [4.78, 5) is 0. The molecule has 0 N–H and O–H groups in total. The molecule has 24 heavy (non-hydrogen) atoms. The number of benzene rings is 3. The van der Waals surface area contributed by atoms with Gasteiger partial charge in [0, 0.05) is 0 Å². The highest BCUT2D eigenvalue weighted by Gasteiger charge is 1.73. The lowest BCUT2D eigenvalue weighted by Gasteiger charge is -1.82. The third-order valence-corrected chi connectivity index (χ3v) is 2.82. The van der Waals surface area contributed by atoms with Crippen LogP contribution < -0.4 is 0 Å². The Morgan fingerprint density at radius 2 is 0.583 bits per heavy atom. The predicted molar refractivity (Wildman–Crippen MR) is 110 cm³/mol. The highest BCUT2D eigenvalue weighted by Crippen LogP contribution is 1.93. The molecule has 0 heteroatoms. The van der Waals surface area contributed by atoms with Gasteiger partial charge in [-0.05, 0) is 20.8 Å². The maximum Gasteiger partial charge on any atom is -0.0398 e. The monoisotopic (exact) mass is 320 g/mol. The molecule has 0 atom stereocenters. The molecule has 0 aromatic heterocycles. The molecule has 3 aromatic carbocycles. The van der Waals surface area contributed by atoms with E-state index in [4.69, 9.17) is 0 Å². The molecule has 0 radical (unpaired) electrons. The zero-order valence-corrected chi connectivity index (χ0v) is 15.9. The van der Waals surface area contributed by atoms with E-state index in [-0.39, 0.29) is 0 Å². The fourth-order valence-corrected chi connectivity index (χ4v) is 1.60. The Morgan fingerprint density at radius 1 is 0.417 bits per heavy atom. The fourth-order valence-electron chi connectivity index (χ4n) is 1.60. The van der Waals surface area contributed by atoms with Crippen LogP contribution in [0.3, 0.4) is 0 Å². The minimum Gasteiger partial charge on any atom is -0.0656 e. The summed E-state index contributed by atoms with van der Waals surface area (Å²) in [5, 5.41) is 0. The van der Waals surface area contributed by atoms with E-state index in [1.165, 1.54) is 23.1 Å². The molecule has 0 saturated carbocycles. The van der Waals surface area contributed by atoms with Gasteiger partial charge in [-0.15, -0.1) is 0 Å². The summed E-state index contributed by atoms with van der Waals surface area (Å²) in [7, 11) is 0. The highest BCUT2D eigenvalue weighted by atomic mass is 13.8. The molecule has 3 aromatic rings. The fraction of sp³-hybridized carbons (Fsp3) is 0.250. The largest absolute Gasteiger partial charge is 0.0656 e. The number of hydrogen-bond donors (Lipinski definition) is 0. The third-order valence-electron chi connectivity index (χ3n) is 2.82. The Hall–Kier alpha value is -2.34. The van der Waals surface area contributed by atoms with Crippen LogP contribution in [0, 0.1) is 20.8 Å². The van der Waals surface area contributed by atoms with Crippen molar-refractivity contribution < 1.29 is 0 Å². The summed E-state index contributed by atoms with van der Waals surface area (Å²) < 4.78 is 0.